The minimum absolute atomic E-state index is 0.0659. The van der Waals surface area contributed by atoms with Crippen LogP contribution in [0.4, 0.5) is 5.69 Å². The standard InChI is InChI=1S/C45H33N3/c1-4-15-31(16-5-1)30-47(35-21-8-3-9-22-35)46-44-32-17-14-20-34(29-32)45(33-18-6-2-7-19-33)40-25-12-10-23-36(40)38-27-28-39-37-24-11-13-26-41(37)48(44)43(39)42(38)45/h1-16,18-29,32H,17,30H2/b46-44+. The minimum atomic E-state index is -0.456. The fraction of sp³-hybridized carbons (Fsp3) is 0.0889. The summed E-state index contributed by atoms with van der Waals surface area (Å²) in [7, 11) is 0. The number of nitrogens with zero attached hydrogens (tertiary/aromatic N) is 3. The molecule has 0 amide bonds. The Morgan fingerprint density at radius 3 is 2.21 bits per heavy atom. The van der Waals surface area contributed by atoms with Crippen molar-refractivity contribution >= 4 is 33.3 Å². The van der Waals surface area contributed by atoms with Gasteiger partial charge in [-0.1, -0.05) is 152 Å². The molecule has 0 spiro atoms. The van der Waals surface area contributed by atoms with Crippen molar-refractivity contribution in [1.82, 2.24) is 4.57 Å². The fourth-order valence-corrected chi connectivity index (χ4v) is 8.59. The van der Waals surface area contributed by atoms with Crippen LogP contribution in [0.5, 0.6) is 0 Å². The third-order valence-electron chi connectivity index (χ3n) is 10.6. The van der Waals surface area contributed by atoms with Crippen LogP contribution in [0.3, 0.4) is 0 Å². The predicted octanol–water partition coefficient (Wildman–Crippen LogP) is 10.5. The number of hydrogen-bond acceptors (Lipinski definition) is 2. The van der Waals surface area contributed by atoms with Gasteiger partial charge < -0.3 is 0 Å². The Hall–Kier alpha value is -5.93. The van der Waals surface area contributed by atoms with E-state index in [1.54, 1.807) is 0 Å². The molecule has 2 atom stereocenters. The second-order valence-electron chi connectivity index (χ2n) is 13.1. The minimum Gasteiger partial charge on any atom is -0.295 e. The van der Waals surface area contributed by atoms with Gasteiger partial charge in [-0.2, -0.15) is 5.10 Å². The van der Waals surface area contributed by atoms with Crippen LogP contribution >= 0.6 is 0 Å². The molecule has 2 unspecified atom stereocenters. The van der Waals surface area contributed by atoms with E-state index >= 15 is 0 Å². The van der Waals surface area contributed by atoms with Gasteiger partial charge in [-0.25, -0.2) is 0 Å². The topological polar surface area (TPSA) is 20.5 Å². The van der Waals surface area contributed by atoms with Crippen molar-refractivity contribution in [3.8, 4) is 11.1 Å². The lowest BCUT2D eigenvalue weighted by Crippen LogP contribution is -2.36. The maximum absolute atomic E-state index is 5.72. The van der Waals surface area contributed by atoms with Crippen molar-refractivity contribution in [3.63, 3.8) is 0 Å². The Labute approximate surface area is 280 Å². The van der Waals surface area contributed by atoms with Crippen molar-refractivity contribution in [1.29, 1.82) is 0 Å². The molecule has 2 heterocycles. The molecule has 10 rings (SSSR count). The van der Waals surface area contributed by atoms with E-state index in [0.29, 0.717) is 6.54 Å². The summed E-state index contributed by atoms with van der Waals surface area (Å²) >= 11 is 0. The van der Waals surface area contributed by atoms with Crippen molar-refractivity contribution in [2.24, 2.45) is 11.0 Å². The zero-order valence-corrected chi connectivity index (χ0v) is 26.5. The molecule has 3 aliphatic rings. The average Bonchev–Trinajstić information content (AvgIpc) is 3.65. The molecular weight excluding hydrogens is 583 g/mol. The molecule has 48 heavy (non-hydrogen) atoms. The van der Waals surface area contributed by atoms with Crippen molar-refractivity contribution in [3.05, 3.63) is 198 Å². The van der Waals surface area contributed by atoms with Crippen LogP contribution in [0.1, 0.15) is 28.7 Å². The first-order chi connectivity index (χ1) is 23.8. The lowest BCUT2D eigenvalue weighted by atomic mass is 9.64. The zero-order valence-electron chi connectivity index (χ0n) is 26.5. The summed E-state index contributed by atoms with van der Waals surface area (Å²) in [6, 6.07) is 55.1. The number of fused-ring (bicyclic) bond motifs is 8. The smallest absolute Gasteiger partial charge is 0.141 e. The summed E-state index contributed by atoms with van der Waals surface area (Å²) in [6.07, 6.45) is 8.18. The molecule has 3 nitrogen and oxygen atoms in total. The quantitative estimate of drug-likeness (QED) is 0.177. The summed E-state index contributed by atoms with van der Waals surface area (Å²) < 4.78 is 2.52. The van der Waals surface area contributed by atoms with Gasteiger partial charge in [-0.05, 0) is 58.0 Å². The summed E-state index contributed by atoms with van der Waals surface area (Å²) in [6.45, 7) is 0.669. The lowest BCUT2D eigenvalue weighted by Gasteiger charge is -2.39. The van der Waals surface area contributed by atoms with E-state index in [2.05, 4.69) is 179 Å². The molecule has 2 aliphatic carbocycles. The monoisotopic (exact) mass is 615 g/mol. The van der Waals surface area contributed by atoms with Crippen LogP contribution in [-0.2, 0) is 12.0 Å². The van der Waals surface area contributed by atoms with Gasteiger partial charge in [0.05, 0.1) is 28.7 Å². The predicted molar refractivity (Wildman–Crippen MR) is 198 cm³/mol. The summed E-state index contributed by atoms with van der Waals surface area (Å²) in [5, 5.41) is 10.4. The number of hydrazone groups is 1. The van der Waals surface area contributed by atoms with Gasteiger partial charge in [0.15, 0.2) is 0 Å². The normalized spacial score (nSPS) is 19.6. The Bertz CT molecular complexity index is 2450. The molecule has 3 heteroatoms. The van der Waals surface area contributed by atoms with E-state index in [4.69, 9.17) is 5.10 Å². The molecule has 0 radical (unpaired) electrons. The van der Waals surface area contributed by atoms with Crippen molar-refractivity contribution in [2.45, 2.75) is 18.4 Å². The second kappa shape index (κ2) is 10.5. The molecule has 0 saturated heterocycles. The number of allylic oxidation sites excluding steroid dienone is 4. The third kappa shape index (κ3) is 3.79. The number of hydrogen-bond donors (Lipinski definition) is 0. The van der Waals surface area contributed by atoms with Crippen LogP contribution in [-0.4, -0.2) is 10.4 Å². The van der Waals surface area contributed by atoms with Gasteiger partial charge in [-0.15, -0.1) is 0 Å². The maximum Gasteiger partial charge on any atom is 0.141 e. The largest absolute Gasteiger partial charge is 0.295 e. The Morgan fingerprint density at radius 2 is 1.38 bits per heavy atom. The molecule has 2 bridgehead atoms. The van der Waals surface area contributed by atoms with Crippen LogP contribution in [0.25, 0.3) is 32.9 Å². The molecule has 6 aromatic carbocycles. The maximum atomic E-state index is 5.72. The molecule has 0 N–H and O–H groups in total. The highest BCUT2D eigenvalue weighted by molar-refractivity contribution is 6.18. The molecule has 1 aliphatic heterocycles. The van der Waals surface area contributed by atoms with Crippen LogP contribution < -0.4 is 5.01 Å². The second-order valence-corrected chi connectivity index (χ2v) is 13.1. The first-order valence-corrected chi connectivity index (χ1v) is 16.9. The van der Waals surface area contributed by atoms with Gasteiger partial charge >= 0.3 is 0 Å². The number of anilines is 1. The average molecular weight is 616 g/mol. The fourth-order valence-electron chi connectivity index (χ4n) is 8.59. The SMILES string of the molecule is C1=CC2=CC(C1)/C(=N\N(Cc1ccccc1)c1ccccc1)n1c3ccccc3c3ccc4c(c31)C2(c1ccccc1)c1ccccc1-4. The molecule has 228 valence electrons. The molecule has 0 fully saturated rings. The number of benzene rings is 6. The molecular formula is C45H33N3. The van der Waals surface area contributed by atoms with E-state index in [9.17, 15) is 0 Å². The molecule has 0 saturated carbocycles. The van der Waals surface area contributed by atoms with Gasteiger partial charge in [0.25, 0.3) is 0 Å². The first kappa shape index (κ1) is 27.2. The molecule has 7 aromatic rings. The van der Waals surface area contributed by atoms with E-state index in [1.165, 1.54) is 60.8 Å². The van der Waals surface area contributed by atoms with E-state index < -0.39 is 5.41 Å². The van der Waals surface area contributed by atoms with E-state index in [0.717, 1.165) is 17.9 Å². The Morgan fingerprint density at radius 1 is 0.667 bits per heavy atom. The number of para-hydroxylation sites is 2. The third-order valence-corrected chi connectivity index (χ3v) is 10.6. The number of aromatic nitrogens is 1. The first-order valence-electron chi connectivity index (χ1n) is 16.9. The summed E-state index contributed by atoms with van der Waals surface area (Å²) in [5.74, 6) is 1.12. The highest BCUT2D eigenvalue weighted by atomic mass is 15.5. The highest BCUT2D eigenvalue weighted by Crippen LogP contribution is 2.60. The van der Waals surface area contributed by atoms with E-state index in [-0.39, 0.29) is 5.92 Å². The lowest BCUT2D eigenvalue weighted by molar-refractivity contribution is 0.712. The van der Waals surface area contributed by atoms with Crippen LogP contribution in [0.15, 0.2) is 181 Å². The molecule has 1 aromatic heterocycles. The van der Waals surface area contributed by atoms with Crippen LogP contribution in [0, 0.1) is 5.92 Å². The van der Waals surface area contributed by atoms with Gasteiger partial charge in [0.2, 0.25) is 0 Å². The summed E-state index contributed by atoms with van der Waals surface area (Å²) in [5.41, 5.74) is 12.2. The highest BCUT2D eigenvalue weighted by Gasteiger charge is 2.50. The van der Waals surface area contributed by atoms with Crippen molar-refractivity contribution < 1.29 is 0 Å². The summed E-state index contributed by atoms with van der Waals surface area (Å²) in [4.78, 5) is 0. The van der Waals surface area contributed by atoms with Gasteiger partial charge in [0, 0.05) is 22.3 Å². The van der Waals surface area contributed by atoms with Crippen molar-refractivity contribution in [2.75, 3.05) is 5.01 Å². The van der Waals surface area contributed by atoms with Gasteiger partial charge in [0.1, 0.15) is 5.84 Å². The van der Waals surface area contributed by atoms with E-state index in [1.807, 2.05) is 0 Å². The Kier molecular flexibility index (Phi) is 5.98. The van der Waals surface area contributed by atoms with Gasteiger partial charge in [-0.3, -0.25) is 9.58 Å². The zero-order chi connectivity index (χ0) is 31.7. The Balaban J connectivity index is 1.36. The van der Waals surface area contributed by atoms with Crippen LogP contribution in [0.2, 0.25) is 0 Å². The number of rotatable bonds is 5.